The molecule has 1 unspecified atom stereocenters. The van der Waals surface area contributed by atoms with Gasteiger partial charge < -0.3 is 15.4 Å². The number of benzene rings is 1. The molecule has 0 saturated heterocycles. The lowest BCUT2D eigenvalue weighted by molar-refractivity contribution is -0.124. The summed E-state index contributed by atoms with van der Waals surface area (Å²) in [6.07, 6.45) is 0.652. The van der Waals surface area contributed by atoms with Gasteiger partial charge in [0.1, 0.15) is 11.6 Å². The molecule has 8 heteroatoms. The van der Waals surface area contributed by atoms with Gasteiger partial charge in [0.05, 0.1) is 0 Å². The quantitative estimate of drug-likeness (QED) is 0.653. The predicted molar refractivity (Wildman–Crippen MR) is 119 cm³/mol. The van der Waals surface area contributed by atoms with Crippen molar-refractivity contribution in [3.63, 3.8) is 0 Å². The Bertz CT molecular complexity index is 993. The van der Waals surface area contributed by atoms with Gasteiger partial charge in [0.2, 0.25) is 0 Å². The fourth-order valence-corrected chi connectivity index (χ4v) is 3.20. The number of rotatable bonds is 9. The number of aryl methyl sites for hydroxylation is 1. The van der Waals surface area contributed by atoms with Crippen LogP contribution in [-0.2, 0) is 11.3 Å². The number of aromatic amines is 1. The van der Waals surface area contributed by atoms with E-state index in [1.165, 1.54) is 9.47 Å². The molecule has 0 bridgehead atoms. The summed E-state index contributed by atoms with van der Waals surface area (Å²) >= 11 is 0. The number of amides is 1. The number of nitrogen functional groups attached to an aromatic ring is 1. The predicted octanol–water partition coefficient (Wildman–Crippen LogP) is 2.68. The third-order valence-electron chi connectivity index (χ3n) is 4.68. The van der Waals surface area contributed by atoms with Crippen LogP contribution in [0.5, 0.6) is 5.75 Å². The molecule has 1 atom stereocenters. The molecule has 30 heavy (non-hydrogen) atoms. The number of nitrogens with one attached hydrogen (secondary N) is 1. The van der Waals surface area contributed by atoms with Crippen LogP contribution in [0.1, 0.15) is 46.1 Å². The third-order valence-corrected chi connectivity index (χ3v) is 4.68. The number of aromatic nitrogens is 2. The van der Waals surface area contributed by atoms with Crippen molar-refractivity contribution in [2.45, 2.75) is 60.1 Å². The molecule has 0 aliphatic carbocycles. The van der Waals surface area contributed by atoms with Gasteiger partial charge in [-0.3, -0.25) is 19.1 Å². The second kappa shape index (κ2) is 10.1. The van der Waals surface area contributed by atoms with Crippen LogP contribution in [0.15, 0.2) is 33.9 Å². The van der Waals surface area contributed by atoms with E-state index in [-0.39, 0.29) is 17.4 Å². The number of nitrogens with zero attached hydrogens (tertiary/aromatic N) is 2. The average Bonchev–Trinajstić information content (AvgIpc) is 2.66. The van der Waals surface area contributed by atoms with E-state index in [2.05, 4.69) is 4.98 Å². The van der Waals surface area contributed by atoms with Gasteiger partial charge in [0, 0.05) is 13.1 Å². The molecule has 0 aliphatic heterocycles. The Hall–Kier alpha value is -3.03. The topological polar surface area (TPSA) is 110 Å². The normalized spacial score (nSPS) is 12.1. The van der Waals surface area contributed by atoms with Crippen LogP contribution in [0.4, 0.5) is 11.5 Å². The Kier molecular flexibility index (Phi) is 7.86. The van der Waals surface area contributed by atoms with Crippen molar-refractivity contribution in [1.82, 2.24) is 9.55 Å². The van der Waals surface area contributed by atoms with E-state index in [1.807, 2.05) is 45.9 Å². The van der Waals surface area contributed by atoms with E-state index in [0.717, 1.165) is 12.0 Å². The maximum Gasteiger partial charge on any atom is 0.330 e. The second-order valence-electron chi connectivity index (χ2n) is 7.92. The second-order valence-corrected chi connectivity index (χ2v) is 7.92. The van der Waals surface area contributed by atoms with E-state index in [1.54, 1.807) is 13.0 Å². The maximum absolute atomic E-state index is 13.3. The molecular weight excluding hydrogens is 384 g/mol. The molecule has 0 fully saturated rings. The Morgan fingerprint density at radius 3 is 2.57 bits per heavy atom. The molecule has 2 aromatic rings. The Balaban J connectivity index is 2.45. The number of nitrogens with two attached hydrogens (primary N) is 1. The molecule has 1 aromatic carbocycles. The highest BCUT2D eigenvalue weighted by atomic mass is 16.5. The first kappa shape index (κ1) is 23.3. The Morgan fingerprint density at radius 2 is 1.97 bits per heavy atom. The highest BCUT2D eigenvalue weighted by molar-refractivity contribution is 5.98. The van der Waals surface area contributed by atoms with Gasteiger partial charge in [0.25, 0.3) is 11.5 Å². The molecule has 0 spiro atoms. The van der Waals surface area contributed by atoms with Crippen molar-refractivity contribution >= 4 is 17.4 Å². The highest BCUT2D eigenvalue weighted by Gasteiger charge is 2.28. The molecule has 1 amide bonds. The van der Waals surface area contributed by atoms with Crippen molar-refractivity contribution in [1.29, 1.82) is 0 Å². The lowest BCUT2D eigenvalue weighted by atomic mass is 10.2. The number of hydrogen-bond acceptors (Lipinski definition) is 5. The molecule has 1 aromatic heterocycles. The first-order valence-electron chi connectivity index (χ1n) is 10.3. The van der Waals surface area contributed by atoms with Crippen LogP contribution >= 0.6 is 0 Å². The van der Waals surface area contributed by atoms with E-state index in [0.29, 0.717) is 25.3 Å². The number of ether oxygens (including phenoxy) is 1. The van der Waals surface area contributed by atoms with Crippen molar-refractivity contribution in [3.05, 3.63) is 50.7 Å². The number of unbranched alkanes of at least 4 members (excludes halogenated alkanes) is 1. The summed E-state index contributed by atoms with van der Waals surface area (Å²) in [4.78, 5) is 41.8. The number of carbonyl (C=O) groups is 1. The van der Waals surface area contributed by atoms with Crippen molar-refractivity contribution in [3.8, 4) is 5.75 Å². The summed E-state index contributed by atoms with van der Waals surface area (Å²) in [5, 5.41) is 0. The van der Waals surface area contributed by atoms with Crippen LogP contribution < -0.4 is 26.6 Å². The van der Waals surface area contributed by atoms with Gasteiger partial charge in [-0.2, -0.15) is 0 Å². The molecule has 2 rings (SSSR count). The zero-order valence-electron chi connectivity index (χ0n) is 18.4. The van der Waals surface area contributed by atoms with E-state index >= 15 is 0 Å². The molecule has 164 valence electrons. The zero-order chi connectivity index (χ0) is 22.4. The largest absolute Gasteiger partial charge is 0.481 e. The summed E-state index contributed by atoms with van der Waals surface area (Å²) in [6.45, 7) is 10.1. The maximum atomic E-state index is 13.3. The smallest absolute Gasteiger partial charge is 0.330 e. The van der Waals surface area contributed by atoms with Gasteiger partial charge in [-0.15, -0.1) is 0 Å². The molecule has 1 heterocycles. The zero-order valence-corrected chi connectivity index (χ0v) is 18.4. The Labute approximate surface area is 176 Å². The molecule has 0 aliphatic rings. The monoisotopic (exact) mass is 416 g/mol. The van der Waals surface area contributed by atoms with Crippen LogP contribution in [0.2, 0.25) is 0 Å². The minimum atomic E-state index is -0.840. The molecule has 8 nitrogen and oxygen atoms in total. The van der Waals surface area contributed by atoms with Gasteiger partial charge in [-0.25, -0.2) is 4.79 Å². The van der Waals surface area contributed by atoms with Crippen molar-refractivity contribution in [2.24, 2.45) is 5.92 Å². The van der Waals surface area contributed by atoms with Crippen LogP contribution in [-0.4, -0.2) is 28.1 Å². The van der Waals surface area contributed by atoms with Crippen LogP contribution in [0, 0.1) is 12.8 Å². The molecular formula is C22H32N4O4. The first-order chi connectivity index (χ1) is 14.1. The molecule has 3 N–H and O–H groups in total. The van der Waals surface area contributed by atoms with Crippen LogP contribution in [0.25, 0.3) is 0 Å². The Morgan fingerprint density at radius 1 is 1.27 bits per heavy atom. The first-order valence-corrected chi connectivity index (χ1v) is 10.3. The summed E-state index contributed by atoms with van der Waals surface area (Å²) < 4.78 is 7.13. The van der Waals surface area contributed by atoms with Crippen molar-refractivity contribution < 1.29 is 9.53 Å². The van der Waals surface area contributed by atoms with Gasteiger partial charge in [0.15, 0.2) is 11.8 Å². The summed E-state index contributed by atoms with van der Waals surface area (Å²) in [6, 6.07) is 7.40. The highest BCUT2D eigenvalue weighted by Crippen LogP contribution is 2.21. The lowest BCUT2D eigenvalue weighted by Crippen LogP contribution is -2.46. The SMILES string of the molecule is CCCCN(C(=O)C(C)Oc1cccc(C)c1)c1c(N)n(CC(C)C)c(=O)[nH]c1=O. The number of hydrogen-bond donors (Lipinski definition) is 2. The molecule has 0 saturated carbocycles. The average molecular weight is 417 g/mol. The summed E-state index contributed by atoms with van der Waals surface area (Å²) in [5.41, 5.74) is 5.97. The summed E-state index contributed by atoms with van der Waals surface area (Å²) in [5.74, 6) is 0.298. The number of carbonyl (C=O) groups excluding carboxylic acids is 1. The van der Waals surface area contributed by atoms with E-state index < -0.39 is 23.3 Å². The minimum Gasteiger partial charge on any atom is -0.481 e. The minimum absolute atomic E-state index is 0.00612. The standard InChI is InChI=1S/C22H32N4O4/c1-6-7-11-25(21(28)16(5)30-17-10-8-9-15(4)12-17)18-19(23)26(13-14(2)3)22(29)24-20(18)27/h8-10,12,14,16H,6-7,11,13,23H2,1-5H3,(H,24,27,29). The van der Waals surface area contributed by atoms with Crippen molar-refractivity contribution in [2.75, 3.05) is 17.2 Å². The third kappa shape index (κ3) is 5.52. The van der Waals surface area contributed by atoms with E-state index in [4.69, 9.17) is 10.5 Å². The van der Waals surface area contributed by atoms with Gasteiger partial charge in [-0.05, 0) is 43.9 Å². The van der Waals surface area contributed by atoms with E-state index in [9.17, 15) is 14.4 Å². The summed E-state index contributed by atoms with van der Waals surface area (Å²) in [7, 11) is 0. The lowest BCUT2D eigenvalue weighted by Gasteiger charge is -2.27. The van der Waals surface area contributed by atoms with Crippen LogP contribution in [0.3, 0.4) is 0 Å². The number of H-pyrrole nitrogens is 1. The number of anilines is 2. The van der Waals surface area contributed by atoms with Gasteiger partial charge >= 0.3 is 5.69 Å². The van der Waals surface area contributed by atoms with Gasteiger partial charge in [-0.1, -0.05) is 39.3 Å². The fraction of sp³-hybridized carbons (Fsp3) is 0.500. The fourth-order valence-electron chi connectivity index (χ4n) is 3.20. The molecule has 0 radical (unpaired) electrons.